The van der Waals surface area contributed by atoms with Gasteiger partial charge in [-0.15, -0.1) is 0 Å². The van der Waals surface area contributed by atoms with E-state index in [2.05, 4.69) is 0 Å². The number of ether oxygens (including phenoxy) is 2. The molecule has 0 heterocycles. The first-order valence-electron chi connectivity index (χ1n) is 7.07. The van der Waals surface area contributed by atoms with Crippen LogP contribution in [-0.2, 0) is 4.74 Å². The van der Waals surface area contributed by atoms with E-state index < -0.39 is 12.1 Å². The molecule has 2 aromatic rings. The van der Waals surface area contributed by atoms with Crippen molar-refractivity contribution in [3.63, 3.8) is 0 Å². The van der Waals surface area contributed by atoms with E-state index in [0.717, 1.165) is 5.56 Å². The lowest BCUT2D eigenvalue weighted by atomic mass is 10.1. The third-order valence-corrected chi connectivity index (χ3v) is 3.61. The number of rotatable bonds is 5. The van der Waals surface area contributed by atoms with Gasteiger partial charge in [0.25, 0.3) is 0 Å². The van der Waals surface area contributed by atoms with Gasteiger partial charge in [0.05, 0.1) is 7.11 Å². The smallest absolute Gasteiger partial charge is 0.342 e. The largest absolute Gasteiger partial charge is 0.496 e. The maximum absolute atomic E-state index is 12.3. The maximum Gasteiger partial charge on any atom is 0.342 e. The molecular weight excluding hydrogens is 316 g/mol. The van der Waals surface area contributed by atoms with Crippen LogP contribution in [0.15, 0.2) is 42.5 Å². The Balaban J connectivity index is 2.15. The number of hydrogen-bond acceptors (Lipinski definition) is 4. The van der Waals surface area contributed by atoms with Gasteiger partial charge in [0.15, 0.2) is 6.10 Å². The normalized spacial score (nSPS) is 11.7. The van der Waals surface area contributed by atoms with Crippen molar-refractivity contribution in [2.24, 2.45) is 0 Å². The summed E-state index contributed by atoms with van der Waals surface area (Å²) < 4.78 is 10.4. The van der Waals surface area contributed by atoms with Crippen LogP contribution in [0, 0.1) is 6.92 Å². The van der Waals surface area contributed by atoms with Gasteiger partial charge in [-0.25, -0.2) is 4.79 Å². The van der Waals surface area contributed by atoms with Gasteiger partial charge in [-0.05, 0) is 32.0 Å². The average molecular weight is 333 g/mol. The Morgan fingerprint density at radius 3 is 2.35 bits per heavy atom. The van der Waals surface area contributed by atoms with E-state index in [4.69, 9.17) is 21.1 Å². The second-order valence-corrected chi connectivity index (χ2v) is 5.56. The van der Waals surface area contributed by atoms with Crippen LogP contribution in [0.4, 0.5) is 0 Å². The molecule has 0 fully saturated rings. The monoisotopic (exact) mass is 332 g/mol. The van der Waals surface area contributed by atoms with Crippen LogP contribution in [0.2, 0.25) is 5.02 Å². The molecule has 0 spiro atoms. The highest BCUT2D eigenvalue weighted by atomic mass is 35.5. The summed E-state index contributed by atoms with van der Waals surface area (Å²) in [6.45, 7) is 3.47. The SMILES string of the molecule is COc1ccc(Cl)cc1C(=O)O[C@H](C)C(=O)c1ccc(C)cc1. The molecule has 120 valence electrons. The minimum absolute atomic E-state index is 0.184. The van der Waals surface area contributed by atoms with Gasteiger partial charge in [-0.2, -0.15) is 0 Å². The summed E-state index contributed by atoms with van der Waals surface area (Å²) in [5.74, 6) is -0.578. The van der Waals surface area contributed by atoms with E-state index in [9.17, 15) is 9.59 Å². The second kappa shape index (κ2) is 7.29. The molecule has 0 aliphatic heterocycles. The molecule has 0 amide bonds. The molecule has 0 aliphatic carbocycles. The third-order valence-electron chi connectivity index (χ3n) is 3.37. The molecule has 4 nitrogen and oxygen atoms in total. The van der Waals surface area contributed by atoms with E-state index in [1.807, 2.05) is 19.1 Å². The molecule has 0 saturated carbocycles. The maximum atomic E-state index is 12.3. The van der Waals surface area contributed by atoms with Gasteiger partial charge < -0.3 is 9.47 Å². The molecule has 1 atom stereocenters. The molecule has 0 bridgehead atoms. The summed E-state index contributed by atoms with van der Waals surface area (Å²) in [7, 11) is 1.45. The Labute approximate surface area is 140 Å². The molecule has 2 rings (SSSR count). The van der Waals surface area contributed by atoms with Crippen LogP contribution in [0.3, 0.4) is 0 Å². The summed E-state index contributed by atoms with van der Waals surface area (Å²) in [4.78, 5) is 24.6. The summed E-state index contributed by atoms with van der Waals surface area (Å²) in [5.41, 5.74) is 1.73. The molecule has 0 radical (unpaired) electrons. The fraction of sp³-hybridized carbons (Fsp3) is 0.222. The molecule has 0 saturated heterocycles. The van der Waals surface area contributed by atoms with E-state index in [0.29, 0.717) is 16.3 Å². The van der Waals surface area contributed by atoms with Crippen LogP contribution < -0.4 is 4.74 Å². The van der Waals surface area contributed by atoms with Crippen LogP contribution in [0.1, 0.15) is 33.2 Å². The minimum Gasteiger partial charge on any atom is -0.496 e. The molecule has 0 aromatic heterocycles. The van der Waals surface area contributed by atoms with Crippen LogP contribution in [0.25, 0.3) is 0 Å². The van der Waals surface area contributed by atoms with Gasteiger partial charge >= 0.3 is 5.97 Å². The second-order valence-electron chi connectivity index (χ2n) is 5.12. The van der Waals surface area contributed by atoms with Crippen LogP contribution >= 0.6 is 11.6 Å². The first-order valence-corrected chi connectivity index (χ1v) is 7.45. The minimum atomic E-state index is -0.908. The predicted molar refractivity (Wildman–Crippen MR) is 88.4 cm³/mol. The zero-order valence-electron chi connectivity index (χ0n) is 13.1. The number of esters is 1. The zero-order valence-corrected chi connectivity index (χ0v) is 13.9. The van der Waals surface area contributed by atoms with Gasteiger partial charge in [-0.1, -0.05) is 41.4 Å². The number of halogens is 1. The van der Waals surface area contributed by atoms with Crippen molar-refractivity contribution >= 4 is 23.4 Å². The number of Topliss-reactive ketones (excluding diaryl/α,β-unsaturated/α-hetero) is 1. The Hall–Kier alpha value is -2.33. The number of benzene rings is 2. The Morgan fingerprint density at radius 1 is 1.09 bits per heavy atom. The van der Waals surface area contributed by atoms with Crippen molar-refractivity contribution < 1.29 is 19.1 Å². The topological polar surface area (TPSA) is 52.6 Å². The molecule has 0 N–H and O–H groups in total. The summed E-state index contributed by atoms with van der Waals surface area (Å²) >= 11 is 5.90. The van der Waals surface area contributed by atoms with E-state index in [-0.39, 0.29) is 11.3 Å². The van der Waals surface area contributed by atoms with Gasteiger partial charge in [0, 0.05) is 10.6 Å². The number of hydrogen-bond donors (Lipinski definition) is 0. The Kier molecular flexibility index (Phi) is 5.40. The molecule has 2 aromatic carbocycles. The predicted octanol–water partition coefficient (Wildman–Crippen LogP) is 4.09. The first kappa shape index (κ1) is 17.0. The number of ketones is 1. The summed E-state index contributed by atoms with van der Waals surface area (Å²) in [6.07, 6.45) is -0.908. The summed E-state index contributed by atoms with van der Waals surface area (Å²) in [5, 5.41) is 0.385. The van der Waals surface area contributed by atoms with Crippen molar-refractivity contribution in [2.45, 2.75) is 20.0 Å². The Morgan fingerprint density at radius 2 is 1.74 bits per heavy atom. The number of aryl methyl sites for hydroxylation is 1. The van der Waals surface area contributed by atoms with Crippen LogP contribution in [-0.4, -0.2) is 25.0 Å². The van der Waals surface area contributed by atoms with Crippen LogP contribution in [0.5, 0.6) is 5.75 Å². The molecule has 0 aliphatic rings. The number of carbonyl (C=O) groups is 2. The molecule has 0 unspecified atom stereocenters. The van der Waals surface area contributed by atoms with E-state index in [1.165, 1.54) is 20.1 Å². The molecule has 5 heteroatoms. The zero-order chi connectivity index (χ0) is 17.0. The van der Waals surface area contributed by atoms with Crippen molar-refractivity contribution in [3.05, 3.63) is 64.2 Å². The first-order chi connectivity index (χ1) is 10.9. The lowest BCUT2D eigenvalue weighted by Crippen LogP contribution is -2.24. The van der Waals surface area contributed by atoms with Crippen molar-refractivity contribution in [1.82, 2.24) is 0 Å². The third kappa shape index (κ3) is 4.11. The quantitative estimate of drug-likeness (QED) is 0.611. The van der Waals surface area contributed by atoms with E-state index >= 15 is 0 Å². The summed E-state index contributed by atoms with van der Waals surface area (Å²) in [6, 6.07) is 11.7. The standard InChI is InChI=1S/C18H17ClO4/c1-11-4-6-13(7-5-11)17(20)12(2)23-18(21)15-10-14(19)8-9-16(15)22-3/h4-10,12H,1-3H3/t12-/m1/s1. The highest BCUT2D eigenvalue weighted by Gasteiger charge is 2.22. The van der Waals surface area contributed by atoms with Crippen molar-refractivity contribution in [1.29, 1.82) is 0 Å². The highest BCUT2D eigenvalue weighted by Crippen LogP contribution is 2.24. The fourth-order valence-electron chi connectivity index (χ4n) is 2.07. The number of methoxy groups -OCH3 is 1. The van der Waals surface area contributed by atoms with E-state index in [1.54, 1.807) is 24.3 Å². The highest BCUT2D eigenvalue weighted by molar-refractivity contribution is 6.31. The molecular formula is C18H17ClO4. The van der Waals surface area contributed by atoms with Crippen molar-refractivity contribution in [3.8, 4) is 5.75 Å². The Bertz CT molecular complexity index is 722. The number of carbonyl (C=O) groups excluding carboxylic acids is 2. The van der Waals surface area contributed by atoms with Gasteiger partial charge in [0.1, 0.15) is 11.3 Å². The van der Waals surface area contributed by atoms with Crippen molar-refractivity contribution in [2.75, 3.05) is 7.11 Å². The molecule has 23 heavy (non-hydrogen) atoms. The fourth-order valence-corrected chi connectivity index (χ4v) is 2.24. The van der Waals surface area contributed by atoms with Gasteiger partial charge in [0.2, 0.25) is 5.78 Å². The lowest BCUT2D eigenvalue weighted by Gasteiger charge is -2.14. The lowest BCUT2D eigenvalue weighted by molar-refractivity contribution is 0.0316. The van der Waals surface area contributed by atoms with Gasteiger partial charge in [-0.3, -0.25) is 4.79 Å². The average Bonchev–Trinajstić information content (AvgIpc) is 2.54.